The number of nitrogens with one attached hydrogen (secondary N) is 1. The van der Waals surface area contributed by atoms with Crippen molar-refractivity contribution in [2.45, 2.75) is 37.5 Å². The Hall–Kier alpha value is -2.78. The molecule has 9 heteroatoms. The number of hydrogen-bond acceptors (Lipinski definition) is 4. The highest BCUT2D eigenvalue weighted by atomic mass is 19.1. The van der Waals surface area contributed by atoms with E-state index in [1.807, 2.05) is 11.0 Å². The molecule has 1 N–H and O–H groups in total. The second-order valence-electron chi connectivity index (χ2n) is 7.04. The van der Waals surface area contributed by atoms with E-state index >= 15 is 0 Å². The predicted octanol–water partition coefficient (Wildman–Crippen LogP) is 2.54. The third kappa shape index (κ3) is 4.20. The van der Waals surface area contributed by atoms with Gasteiger partial charge in [-0.2, -0.15) is 5.26 Å². The number of anilines is 1. The van der Waals surface area contributed by atoms with Crippen LogP contribution in [0.5, 0.6) is 0 Å². The van der Waals surface area contributed by atoms with Crippen molar-refractivity contribution in [2.24, 2.45) is 0 Å². The van der Waals surface area contributed by atoms with Gasteiger partial charge >= 0.3 is 0 Å². The monoisotopic (exact) mass is 391 g/mol. The summed E-state index contributed by atoms with van der Waals surface area (Å²) in [4.78, 5) is 18.2. The number of carbonyl (C=O) groups excluding carboxylic acids is 1. The van der Waals surface area contributed by atoms with Crippen LogP contribution in [-0.2, 0) is 4.79 Å². The Morgan fingerprint density at radius 1 is 1.32 bits per heavy atom. The number of carbonyl (C=O) groups is 1. The molecule has 28 heavy (non-hydrogen) atoms. The van der Waals surface area contributed by atoms with E-state index in [-0.39, 0.29) is 31.5 Å². The zero-order valence-corrected chi connectivity index (χ0v) is 15.2. The summed E-state index contributed by atoms with van der Waals surface area (Å²) < 4.78 is 41.0. The fourth-order valence-electron chi connectivity index (χ4n) is 3.70. The largest absolute Gasteiger partial charge is 0.371 e. The number of hydrogen-bond donors (Lipinski definition) is 1. The van der Waals surface area contributed by atoms with Crippen molar-refractivity contribution >= 4 is 17.3 Å². The van der Waals surface area contributed by atoms with Crippen LogP contribution in [0.25, 0.3) is 4.85 Å². The Labute approximate surface area is 161 Å². The van der Waals surface area contributed by atoms with Gasteiger partial charge < -0.3 is 15.1 Å². The van der Waals surface area contributed by atoms with Gasteiger partial charge in [-0.1, -0.05) is 0 Å². The van der Waals surface area contributed by atoms with Gasteiger partial charge in [0.05, 0.1) is 25.7 Å². The number of halogens is 3. The lowest BCUT2D eigenvalue weighted by Gasteiger charge is -2.34. The summed E-state index contributed by atoms with van der Waals surface area (Å²) in [5.41, 5.74) is -0.216. The first-order valence-electron chi connectivity index (χ1n) is 9.11. The molecule has 2 aliphatic heterocycles. The SMILES string of the molecule is [C-]#[N+]c1c(F)cc(N2CCC(NCC(=O)N3C[C@@H](F)C[C@H]3C#N)CC2)cc1F. The van der Waals surface area contributed by atoms with Gasteiger partial charge in [-0.05, 0) is 25.0 Å². The van der Waals surface area contributed by atoms with Crippen LogP contribution in [0.3, 0.4) is 0 Å². The first-order valence-corrected chi connectivity index (χ1v) is 9.11. The van der Waals surface area contributed by atoms with Gasteiger partial charge in [0.2, 0.25) is 5.91 Å². The van der Waals surface area contributed by atoms with E-state index in [1.54, 1.807) is 0 Å². The quantitative estimate of drug-likeness (QED) is 0.802. The number of likely N-dealkylation sites (tertiary alicyclic amines) is 1. The molecule has 2 saturated heterocycles. The number of alkyl halides is 1. The number of nitriles is 1. The zero-order chi connectivity index (χ0) is 20.3. The van der Waals surface area contributed by atoms with Crippen molar-refractivity contribution in [3.8, 4) is 6.07 Å². The Morgan fingerprint density at radius 2 is 1.96 bits per heavy atom. The molecule has 2 atom stereocenters. The summed E-state index contributed by atoms with van der Waals surface area (Å²) in [5, 5.41) is 12.2. The van der Waals surface area contributed by atoms with Crippen molar-refractivity contribution in [2.75, 3.05) is 31.1 Å². The van der Waals surface area contributed by atoms with Crippen LogP contribution in [0.2, 0.25) is 0 Å². The molecular formula is C19H20F3N5O. The van der Waals surface area contributed by atoms with E-state index in [0.717, 1.165) is 12.1 Å². The van der Waals surface area contributed by atoms with Gasteiger partial charge in [0, 0.05) is 31.2 Å². The van der Waals surface area contributed by atoms with E-state index in [0.29, 0.717) is 31.6 Å². The lowest BCUT2D eigenvalue weighted by atomic mass is 10.0. The maximum absolute atomic E-state index is 13.8. The van der Waals surface area contributed by atoms with Gasteiger partial charge in [-0.25, -0.2) is 18.0 Å². The summed E-state index contributed by atoms with van der Waals surface area (Å²) in [6, 6.07) is 3.61. The van der Waals surface area contributed by atoms with Crippen LogP contribution in [0.4, 0.5) is 24.5 Å². The molecule has 1 aromatic carbocycles. The van der Waals surface area contributed by atoms with E-state index in [1.165, 1.54) is 4.90 Å². The van der Waals surface area contributed by atoms with Crippen molar-refractivity contribution < 1.29 is 18.0 Å². The molecule has 1 aromatic rings. The molecule has 0 aromatic heterocycles. The molecule has 0 radical (unpaired) electrons. The van der Waals surface area contributed by atoms with Crippen molar-refractivity contribution in [1.82, 2.24) is 10.2 Å². The normalized spacial score (nSPS) is 22.8. The topological polar surface area (TPSA) is 63.7 Å². The second-order valence-corrected chi connectivity index (χ2v) is 7.04. The minimum absolute atomic E-state index is 0.0263. The standard InChI is InChI=1S/C19H20F3N5O/c1-24-19-16(21)7-14(8-17(19)22)26-4-2-13(3-5-26)25-10-18(28)27-11-12(20)6-15(27)9-23/h7-8,12-13,15,25H,2-6,10-11H2/t12-,15-/m0/s1. The van der Waals surface area contributed by atoms with Crippen LogP contribution >= 0.6 is 0 Å². The fraction of sp³-hybridized carbons (Fsp3) is 0.526. The molecule has 2 heterocycles. The molecule has 0 bridgehead atoms. The predicted molar refractivity (Wildman–Crippen MR) is 96.5 cm³/mol. The summed E-state index contributed by atoms with van der Waals surface area (Å²) >= 11 is 0. The van der Waals surface area contributed by atoms with E-state index in [4.69, 9.17) is 11.8 Å². The summed E-state index contributed by atoms with van der Waals surface area (Å²) in [5.74, 6) is -2.05. The number of amides is 1. The summed E-state index contributed by atoms with van der Waals surface area (Å²) in [6.07, 6.45) is 0.218. The minimum Gasteiger partial charge on any atom is -0.371 e. The van der Waals surface area contributed by atoms with Crippen LogP contribution in [0.15, 0.2) is 12.1 Å². The maximum Gasteiger partial charge on any atom is 0.256 e. The molecule has 0 aliphatic carbocycles. The molecule has 6 nitrogen and oxygen atoms in total. The smallest absolute Gasteiger partial charge is 0.256 e. The van der Waals surface area contributed by atoms with Crippen molar-refractivity contribution in [3.63, 3.8) is 0 Å². The fourth-order valence-corrected chi connectivity index (χ4v) is 3.70. The first kappa shape index (κ1) is 20.0. The van der Waals surface area contributed by atoms with Crippen LogP contribution in [-0.4, -0.2) is 55.2 Å². The molecule has 0 saturated carbocycles. The lowest BCUT2D eigenvalue weighted by molar-refractivity contribution is -0.130. The van der Waals surface area contributed by atoms with E-state index in [2.05, 4.69) is 10.2 Å². The average molecular weight is 391 g/mol. The highest BCUT2D eigenvalue weighted by Gasteiger charge is 2.35. The molecule has 3 rings (SSSR count). The highest BCUT2D eigenvalue weighted by Crippen LogP contribution is 2.29. The minimum atomic E-state index is -1.16. The first-order chi connectivity index (χ1) is 13.4. The van der Waals surface area contributed by atoms with Gasteiger partial charge in [0.1, 0.15) is 23.8 Å². The van der Waals surface area contributed by atoms with Crippen molar-refractivity contribution in [1.29, 1.82) is 5.26 Å². The molecule has 2 fully saturated rings. The Kier molecular flexibility index (Phi) is 6.05. The van der Waals surface area contributed by atoms with E-state index in [9.17, 15) is 18.0 Å². The zero-order valence-electron chi connectivity index (χ0n) is 15.2. The maximum atomic E-state index is 13.8. The van der Waals surface area contributed by atoms with Crippen LogP contribution < -0.4 is 10.2 Å². The second kappa shape index (κ2) is 8.49. The number of rotatable bonds is 4. The van der Waals surface area contributed by atoms with Gasteiger partial charge in [-0.3, -0.25) is 4.79 Å². The lowest BCUT2D eigenvalue weighted by Crippen LogP contribution is -2.47. The molecule has 1 amide bonds. The third-order valence-electron chi connectivity index (χ3n) is 5.23. The van der Waals surface area contributed by atoms with Crippen molar-refractivity contribution in [3.05, 3.63) is 35.2 Å². The van der Waals surface area contributed by atoms with E-state index < -0.39 is 29.5 Å². The third-order valence-corrected chi connectivity index (χ3v) is 5.23. The average Bonchev–Trinajstić information content (AvgIpc) is 3.07. The van der Waals surface area contributed by atoms with Gasteiger partial charge in [0.25, 0.3) is 5.69 Å². The van der Waals surface area contributed by atoms with Gasteiger partial charge in [0.15, 0.2) is 0 Å². The number of piperidine rings is 1. The number of benzene rings is 1. The Morgan fingerprint density at radius 3 is 2.54 bits per heavy atom. The molecule has 148 valence electrons. The van der Waals surface area contributed by atoms with Gasteiger partial charge in [-0.15, -0.1) is 0 Å². The summed E-state index contributed by atoms with van der Waals surface area (Å²) in [6.45, 7) is 7.86. The Balaban J connectivity index is 1.50. The van der Waals surface area contributed by atoms with Crippen LogP contribution in [0.1, 0.15) is 19.3 Å². The number of nitrogens with zero attached hydrogens (tertiary/aromatic N) is 4. The molecule has 0 spiro atoms. The molecular weight excluding hydrogens is 371 g/mol. The Bertz CT molecular complexity index is 803. The van der Waals surface area contributed by atoms with Crippen LogP contribution in [0, 0.1) is 29.5 Å². The summed E-state index contributed by atoms with van der Waals surface area (Å²) in [7, 11) is 0. The molecule has 0 unspecified atom stereocenters. The molecule has 2 aliphatic rings. The highest BCUT2D eigenvalue weighted by molar-refractivity contribution is 5.79.